The van der Waals surface area contributed by atoms with Gasteiger partial charge in [0.25, 0.3) is 5.91 Å². The molecule has 3 nitrogen and oxygen atoms in total. The molecule has 0 aromatic heterocycles. The van der Waals surface area contributed by atoms with Crippen molar-refractivity contribution in [3.8, 4) is 0 Å². The van der Waals surface area contributed by atoms with E-state index in [1.807, 2.05) is 0 Å². The Morgan fingerprint density at radius 2 is 1.77 bits per heavy atom. The molecule has 0 bridgehead atoms. The van der Waals surface area contributed by atoms with E-state index in [1.54, 1.807) is 13.8 Å². The Kier molecular flexibility index (Phi) is 7.31. The molecule has 126 valence electrons. The maximum absolute atomic E-state index is 13.9. The van der Waals surface area contributed by atoms with Crippen LogP contribution >= 0.6 is 12.4 Å². The predicted molar refractivity (Wildman–Crippen MR) is 78.5 cm³/mol. The number of halogens is 5. The number of alkyl halides is 3. The smallest absolute Gasteiger partial charge is 0.345 e. The van der Waals surface area contributed by atoms with Crippen molar-refractivity contribution in [2.75, 3.05) is 6.54 Å². The Morgan fingerprint density at radius 1 is 1.23 bits per heavy atom. The Labute approximate surface area is 132 Å². The first-order valence-corrected chi connectivity index (χ1v) is 6.59. The van der Waals surface area contributed by atoms with Gasteiger partial charge in [-0.1, -0.05) is 19.9 Å². The molecule has 1 aromatic carbocycles. The quantitative estimate of drug-likeness (QED) is 0.804. The molecule has 0 saturated carbocycles. The van der Waals surface area contributed by atoms with Crippen LogP contribution < -0.4 is 11.1 Å². The SMILES string of the molecule is CCC(CC)(CN)NC(=O)c1cccc(C(F)(F)F)c1F.Cl. The lowest BCUT2D eigenvalue weighted by Crippen LogP contribution is -2.53. The monoisotopic (exact) mass is 342 g/mol. The average Bonchev–Trinajstić information content (AvgIpc) is 2.43. The summed E-state index contributed by atoms with van der Waals surface area (Å²) in [6.07, 6.45) is -3.86. The minimum atomic E-state index is -4.85. The van der Waals surface area contributed by atoms with Crippen LogP contribution in [0.4, 0.5) is 17.6 Å². The van der Waals surface area contributed by atoms with Crippen LogP contribution in [-0.2, 0) is 6.18 Å². The van der Waals surface area contributed by atoms with Crippen molar-refractivity contribution in [1.29, 1.82) is 0 Å². The summed E-state index contributed by atoms with van der Waals surface area (Å²) in [6, 6.07) is 2.62. The van der Waals surface area contributed by atoms with Crippen molar-refractivity contribution in [2.24, 2.45) is 5.73 Å². The largest absolute Gasteiger partial charge is 0.419 e. The second kappa shape index (κ2) is 7.78. The summed E-state index contributed by atoms with van der Waals surface area (Å²) in [4.78, 5) is 12.1. The molecule has 0 aliphatic rings. The fourth-order valence-electron chi connectivity index (χ4n) is 2.00. The van der Waals surface area contributed by atoms with Crippen molar-refractivity contribution in [3.05, 3.63) is 35.1 Å². The summed E-state index contributed by atoms with van der Waals surface area (Å²) in [5, 5.41) is 2.54. The first-order valence-electron chi connectivity index (χ1n) is 6.59. The lowest BCUT2D eigenvalue weighted by atomic mass is 9.92. The fraction of sp³-hybridized carbons (Fsp3) is 0.500. The zero-order valence-corrected chi connectivity index (χ0v) is 13.1. The predicted octanol–water partition coefficient (Wildman–Crippen LogP) is 3.51. The summed E-state index contributed by atoms with van der Waals surface area (Å²) in [7, 11) is 0. The lowest BCUT2D eigenvalue weighted by molar-refractivity contribution is -0.140. The first kappa shape index (κ1) is 20.7. The van der Waals surface area contributed by atoms with E-state index in [0.29, 0.717) is 18.9 Å². The summed E-state index contributed by atoms with van der Waals surface area (Å²) in [5.41, 5.74) is 2.76. The lowest BCUT2D eigenvalue weighted by Gasteiger charge is -2.31. The van der Waals surface area contributed by atoms with E-state index in [-0.39, 0.29) is 19.0 Å². The standard InChI is InChI=1S/C14H18F4N2O.ClH/c1-3-13(4-2,8-19)20-12(21)9-6-5-7-10(11(9)15)14(16,17)18;/h5-7H,3-4,8,19H2,1-2H3,(H,20,21);1H. The van der Waals surface area contributed by atoms with Crippen LogP contribution in [0, 0.1) is 5.82 Å². The minimum Gasteiger partial charge on any atom is -0.345 e. The number of hydrogen-bond donors (Lipinski definition) is 2. The van der Waals surface area contributed by atoms with Crippen molar-refractivity contribution in [3.63, 3.8) is 0 Å². The third-order valence-corrected chi connectivity index (χ3v) is 3.67. The van der Waals surface area contributed by atoms with E-state index in [0.717, 1.165) is 12.1 Å². The van der Waals surface area contributed by atoms with Crippen molar-refractivity contribution >= 4 is 18.3 Å². The van der Waals surface area contributed by atoms with E-state index in [2.05, 4.69) is 5.32 Å². The molecule has 1 amide bonds. The van der Waals surface area contributed by atoms with Crippen LogP contribution in [0.25, 0.3) is 0 Å². The molecule has 0 aliphatic carbocycles. The maximum Gasteiger partial charge on any atom is 0.419 e. The molecule has 8 heteroatoms. The fourth-order valence-corrected chi connectivity index (χ4v) is 2.00. The molecule has 0 radical (unpaired) electrons. The summed E-state index contributed by atoms with van der Waals surface area (Å²) in [5.74, 6) is -2.46. The van der Waals surface area contributed by atoms with Gasteiger partial charge in [0.1, 0.15) is 5.82 Å². The molecule has 0 aliphatic heterocycles. The molecule has 0 heterocycles. The Morgan fingerprint density at radius 3 is 2.18 bits per heavy atom. The second-order valence-corrected chi connectivity index (χ2v) is 4.81. The number of rotatable bonds is 5. The van der Waals surface area contributed by atoms with Crippen LogP contribution in [-0.4, -0.2) is 18.0 Å². The van der Waals surface area contributed by atoms with Gasteiger partial charge in [-0.25, -0.2) is 4.39 Å². The number of benzene rings is 1. The number of carbonyl (C=O) groups is 1. The topological polar surface area (TPSA) is 55.1 Å². The average molecular weight is 343 g/mol. The number of amides is 1. The van der Waals surface area contributed by atoms with Gasteiger partial charge >= 0.3 is 6.18 Å². The third-order valence-electron chi connectivity index (χ3n) is 3.67. The zero-order chi connectivity index (χ0) is 16.3. The van der Waals surface area contributed by atoms with Crippen LogP contribution in [0.1, 0.15) is 42.6 Å². The van der Waals surface area contributed by atoms with E-state index in [4.69, 9.17) is 5.73 Å². The van der Waals surface area contributed by atoms with Crippen molar-refractivity contribution in [2.45, 2.75) is 38.4 Å². The van der Waals surface area contributed by atoms with E-state index in [9.17, 15) is 22.4 Å². The van der Waals surface area contributed by atoms with Crippen LogP contribution in [0.3, 0.4) is 0 Å². The highest BCUT2D eigenvalue weighted by Gasteiger charge is 2.36. The zero-order valence-electron chi connectivity index (χ0n) is 12.3. The molecule has 0 unspecified atom stereocenters. The Balaban J connectivity index is 0.00000441. The van der Waals surface area contributed by atoms with E-state index < -0.39 is 34.6 Å². The van der Waals surface area contributed by atoms with Gasteiger partial charge in [-0.2, -0.15) is 13.2 Å². The van der Waals surface area contributed by atoms with Crippen LogP contribution in [0.15, 0.2) is 18.2 Å². The molecule has 22 heavy (non-hydrogen) atoms. The summed E-state index contributed by atoms with van der Waals surface area (Å²) < 4.78 is 51.8. The minimum absolute atomic E-state index is 0. The molecule has 1 rings (SSSR count). The molecule has 0 saturated heterocycles. The van der Waals surface area contributed by atoms with E-state index in [1.165, 1.54) is 0 Å². The normalized spacial score (nSPS) is 11.8. The number of nitrogens with two attached hydrogens (primary N) is 1. The second-order valence-electron chi connectivity index (χ2n) is 4.81. The highest BCUT2D eigenvalue weighted by Crippen LogP contribution is 2.32. The molecule has 0 fully saturated rings. The van der Waals surface area contributed by atoms with Gasteiger partial charge in [-0.05, 0) is 25.0 Å². The van der Waals surface area contributed by atoms with E-state index >= 15 is 0 Å². The van der Waals surface area contributed by atoms with Gasteiger partial charge in [0.2, 0.25) is 0 Å². The number of carbonyl (C=O) groups excluding carboxylic acids is 1. The third kappa shape index (κ3) is 4.33. The molecule has 0 atom stereocenters. The molecule has 3 N–H and O–H groups in total. The first-order chi connectivity index (χ1) is 9.70. The van der Waals surface area contributed by atoms with Gasteiger partial charge in [-0.15, -0.1) is 12.4 Å². The Hall–Kier alpha value is -1.34. The van der Waals surface area contributed by atoms with Gasteiger partial charge in [-0.3, -0.25) is 4.79 Å². The Bertz CT molecular complexity index is 508. The van der Waals surface area contributed by atoms with Gasteiger partial charge in [0.05, 0.1) is 16.7 Å². The molecular weight excluding hydrogens is 324 g/mol. The summed E-state index contributed by atoms with van der Waals surface area (Å²) in [6.45, 7) is 3.70. The van der Waals surface area contributed by atoms with Crippen LogP contribution in [0.2, 0.25) is 0 Å². The van der Waals surface area contributed by atoms with Crippen LogP contribution in [0.5, 0.6) is 0 Å². The number of nitrogens with one attached hydrogen (secondary N) is 1. The highest BCUT2D eigenvalue weighted by atomic mass is 35.5. The van der Waals surface area contributed by atoms with Gasteiger partial charge in [0.15, 0.2) is 0 Å². The summed E-state index contributed by atoms with van der Waals surface area (Å²) >= 11 is 0. The molecular formula is C14H19ClF4N2O. The molecule has 1 aromatic rings. The molecule has 0 spiro atoms. The maximum atomic E-state index is 13.9. The van der Waals surface area contributed by atoms with Crippen molar-refractivity contribution < 1.29 is 22.4 Å². The number of hydrogen-bond acceptors (Lipinski definition) is 2. The highest BCUT2D eigenvalue weighted by molar-refractivity contribution is 5.95. The van der Waals surface area contributed by atoms with Gasteiger partial charge in [0, 0.05) is 6.54 Å². The van der Waals surface area contributed by atoms with Crippen molar-refractivity contribution in [1.82, 2.24) is 5.32 Å². The van der Waals surface area contributed by atoms with Gasteiger partial charge < -0.3 is 11.1 Å².